The number of hydrogen-bond donors (Lipinski definition) is 1. The monoisotopic (exact) mass is 241 g/mol. The molecule has 4 nitrogen and oxygen atoms in total. The van der Waals surface area contributed by atoms with Crippen LogP contribution in [0.5, 0.6) is 0 Å². The van der Waals surface area contributed by atoms with Crippen LogP contribution in [0.25, 0.3) is 0 Å². The highest BCUT2D eigenvalue weighted by molar-refractivity contribution is 4.89. The molecule has 0 spiro atoms. The molecule has 2 rings (SSSR count). The Labute approximate surface area is 105 Å². The molecule has 17 heavy (non-hydrogen) atoms. The van der Waals surface area contributed by atoms with Gasteiger partial charge in [-0.15, -0.1) is 0 Å². The maximum absolute atomic E-state index is 5.97. The van der Waals surface area contributed by atoms with Gasteiger partial charge in [-0.1, -0.05) is 6.92 Å². The number of nitrogens with zero attached hydrogens (tertiary/aromatic N) is 2. The molecule has 100 valence electrons. The highest BCUT2D eigenvalue weighted by Crippen LogP contribution is 2.22. The molecule has 0 amide bonds. The predicted octanol–water partition coefficient (Wildman–Crippen LogP) is 0.519. The Morgan fingerprint density at radius 3 is 2.82 bits per heavy atom. The van der Waals surface area contributed by atoms with Crippen molar-refractivity contribution < 1.29 is 4.74 Å². The zero-order chi connectivity index (χ0) is 12.3. The Morgan fingerprint density at radius 2 is 2.24 bits per heavy atom. The van der Waals surface area contributed by atoms with Crippen LogP contribution in [0.2, 0.25) is 0 Å². The lowest BCUT2D eigenvalue weighted by Gasteiger charge is -2.44. The number of rotatable bonds is 4. The van der Waals surface area contributed by atoms with Crippen molar-refractivity contribution in [3.05, 3.63) is 0 Å². The Kier molecular flexibility index (Phi) is 4.79. The van der Waals surface area contributed by atoms with Gasteiger partial charge in [0.2, 0.25) is 0 Å². The van der Waals surface area contributed by atoms with E-state index in [2.05, 4.69) is 23.8 Å². The van der Waals surface area contributed by atoms with Crippen molar-refractivity contribution in [2.75, 3.05) is 39.8 Å². The molecule has 0 radical (unpaired) electrons. The summed E-state index contributed by atoms with van der Waals surface area (Å²) in [6.07, 6.45) is 3.98. The van der Waals surface area contributed by atoms with E-state index in [0.717, 1.165) is 32.8 Å². The zero-order valence-corrected chi connectivity index (χ0v) is 11.3. The molecule has 4 heteroatoms. The summed E-state index contributed by atoms with van der Waals surface area (Å²) in [5, 5.41) is 0. The number of hydrogen-bond acceptors (Lipinski definition) is 4. The van der Waals surface area contributed by atoms with E-state index in [0.29, 0.717) is 18.2 Å². The average Bonchev–Trinajstić information content (AvgIpc) is 2.86. The van der Waals surface area contributed by atoms with Gasteiger partial charge in [-0.25, -0.2) is 0 Å². The van der Waals surface area contributed by atoms with Gasteiger partial charge in [0.05, 0.1) is 6.10 Å². The quantitative estimate of drug-likeness (QED) is 0.779. The number of likely N-dealkylation sites (N-methyl/N-ethyl adjacent to an activating group) is 1. The lowest BCUT2D eigenvalue weighted by Crippen LogP contribution is -2.58. The van der Waals surface area contributed by atoms with E-state index < -0.39 is 0 Å². The van der Waals surface area contributed by atoms with Gasteiger partial charge < -0.3 is 15.4 Å². The molecule has 2 aliphatic heterocycles. The van der Waals surface area contributed by atoms with Crippen LogP contribution in [0.15, 0.2) is 0 Å². The third-order valence-electron chi connectivity index (χ3n) is 4.38. The SMILES string of the molecule is CCC1CN(C(CN)C2CCCO2)CCN1C. The number of piperazine rings is 1. The van der Waals surface area contributed by atoms with Gasteiger partial charge in [0.1, 0.15) is 0 Å². The Balaban J connectivity index is 1.94. The summed E-state index contributed by atoms with van der Waals surface area (Å²) in [7, 11) is 2.23. The zero-order valence-electron chi connectivity index (χ0n) is 11.3. The van der Waals surface area contributed by atoms with Crippen LogP contribution >= 0.6 is 0 Å². The molecule has 2 heterocycles. The molecule has 0 saturated carbocycles. The van der Waals surface area contributed by atoms with E-state index in [4.69, 9.17) is 10.5 Å². The minimum Gasteiger partial charge on any atom is -0.377 e. The summed E-state index contributed by atoms with van der Waals surface area (Å²) in [4.78, 5) is 5.03. The lowest BCUT2D eigenvalue weighted by molar-refractivity contribution is -0.00701. The fourth-order valence-corrected chi connectivity index (χ4v) is 3.15. The largest absolute Gasteiger partial charge is 0.377 e. The summed E-state index contributed by atoms with van der Waals surface area (Å²) < 4.78 is 5.82. The Hall–Kier alpha value is -0.160. The molecular weight excluding hydrogens is 214 g/mol. The first kappa shape index (κ1) is 13.3. The summed E-state index contributed by atoms with van der Waals surface area (Å²) >= 11 is 0. The molecule has 0 bridgehead atoms. The first-order valence-electron chi connectivity index (χ1n) is 7.02. The van der Waals surface area contributed by atoms with E-state index in [1.807, 2.05) is 0 Å². The second-order valence-electron chi connectivity index (χ2n) is 5.39. The fourth-order valence-electron chi connectivity index (χ4n) is 3.15. The van der Waals surface area contributed by atoms with Crippen molar-refractivity contribution >= 4 is 0 Å². The normalized spacial score (nSPS) is 34.1. The third-order valence-corrected chi connectivity index (χ3v) is 4.38. The highest BCUT2D eigenvalue weighted by Gasteiger charge is 2.33. The van der Waals surface area contributed by atoms with Crippen LogP contribution in [0.3, 0.4) is 0 Å². The molecule has 0 aromatic rings. The maximum atomic E-state index is 5.97. The summed E-state index contributed by atoms with van der Waals surface area (Å²) in [6.45, 7) is 7.36. The average molecular weight is 241 g/mol. The van der Waals surface area contributed by atoms with Crippen molar-refractivity contribution in [2.45, 2.75) is 44.4 Å². The molecule has 0 aliphatic carbocycles. The molecule has 3 unspecified atom stereocenters. The van der Waals surface area contributed by atoms with E-state index >= 15 is 0 Å². The van der Waals surface area contributed by atoms with Crippen LogP contribution in [0.4, 0.5) is 0 Å². The molecule has 2 N–H and O–H groups in total. The fraction of sp³-hybridized carbons (Fsp3) is 1.00. The first-order valence-corrected chi connectivity index (χ1v) is 7.02. The topological polar surface area (TPSA) is 41.7 Å². The molecule has 0 aromatic heterocycles. The van der Waals surface area contributed by atoms with Crippen LogP contribution in [-0.4, -0.2) is 67.8 Å². The van der Waals surface area contributed by atoms with E-state index in [-0.39, 0.29) is 0 Å². The van der Waals surface area contributed by atoms with Crippen LogP contribution < -0.4 is 5.73 Å². The molecule has 2 saturated heterocycles. The molecule has 3 atom stereocenters. The van der Waals surface area contributed by atoms with Crippen molar-refractivity contribution in [3.8, 4) is 0 Å². The summed E-state index contributed by atoms with van der Waals surface area (Å²) in [5.41, 5.74) is 5.97. The minimum absolute atomic E-state index is 0.376. The van der Waals surface area contributed by atoms with Crippen molar-refractivity contribution in [2.24, 2.45) is 5.73 Å². The van der Waals surface area contributed by atoms with Gasteiger partial charge in [-0.3, -0.25) is 4.90 Å². The van der Waals surface area contributed by atoms with Crippen molar-refractivity contribution in [3.63, 3.8) is 0 Å². The van der Waals surface area contributed by atoms with Crippen LogP contribution in [0, 0.1) is 0 Å². The summed E-state index contributed by atoms with van der Waals surface area (Å²) in [6, 6.07) is 1.11. The standard InChI is InChI=1S/C13H27N3O/c1-3-11-10-16(7-6-15(11)2)12(9-14)13-5-4-8-17-13/h11-13H,3-10,14H2,1-2H3. The number of ether oxygens (including phenoxy) is 1. The lowest BCUT2D eigenvalue weighted by atomic mass is 10.0. The van der Waals surface area contributed by atoms with Gasteiger partial charge in [0, 0.05) is 44.9 Å². The minimum atomic E-state index is 0.376. The van der Waals surface area contributed by atoms with Gasteiger partial charge in [0.15, 0.2) is 0 Å². The van der Waals surface area contributed by atoms with Gasteiger partial charge >= 0.3 is 0 Å². The van der Waals surface area contributed by atoms with Crippen molar-refractivity contribution in [1.82, 2.24) is 9.80 Å². The van der Waals surface area contributed by atoms with Gasteiger partial charge in [-0.05, 0) is 26.3 Å². The smallest absolute Gasteiger partial charge is 0.0743 e. The molecule has 2 fully saturated rings. The highest BCUT2D eigenvalue weighted by atomic mass is 16.5. The van der Waals surface area contributed by atoms with Gasteiger partial charge in [-0.2, -0.15) is 0 Å². The molecule has 2 aliphatic rings. The van der Waals surface area contributed by atoms with Crippen LogP contribution in [-0.2, 0) is 4.74 Å². The maximum Gasteiger partial charge on any atom is 0.0743 e. The van der Waals surface area contributed by atoms with E-state index in [1.165, 1.54) is 19.3 Å². The second-order valence-corrected chi connectivity index (χ2v) is 5.39. The molecular formula is C13H27N3O. The van der Waals surface area contributed by atoms with Crippen LogP contribution in [0.1, 0.15) is 26.2 Å². The third kappa shape index (κ3) is 2.99. The van der Waals surface area contributed by atoms with Gasteiger partial charge in [0.25, 0.3) is 0 Å². The second kappa shape index (κ2) is 6.14. The van der Waals surface area contributed by atoms with E-state index in [9.17, 15) is 0 Å². The van der Waals surface area contributed by atoms with Crippen molar-refractivity contribution in [1.29, 1.82) is 0 Å². The summed E-state index contributed by atoms with van der Waals surface area (Å²) in [5.74, 6) is 0. The predicted molar refractivity (Wildman–Crippen MR) is 70.1 cm³/mol. The Morgan fingerprint density at radius 1 is 1.41 bits per heavy atom. The first-order chi connectivity index (χ1) is 8.26. The molecule has 0 aromatic carbocycles. The Bertz CT molecular complexity index is 231. The van der Waals surface area contributed by atoms with E-state index in [1.54, 1.807) is 0 Å². The number of nitrogens with two attached hydrogens (primary N) is 1.